The second kappa shape index (κ2) is 6.94. The van der Waals surface area contributed by atoms with Crippen molar-refractivity contribution in [1.82, 2.24) is 4.90 Å². The quantitative estimate of drug-likeness (QED) is 0.610. The molecule has 1 aromatic rings. The largest absolute Gasteiger partial charge is 0.466 e. The van der Waals surface area contributed by atoms with Gasteiger partial charge in [0.15, 0.2) is 0 Å². The molecule has 2 rings (SSSR count). The number of methoxy groups -OCH3 is 1. The Morgan fingerprint density at radius 1 is 1.57 bits per heavy atom. The lowest BCUT2D eigenvalue weighted by Crippen LogP contribution is -2.31. The summed E-state index contributed by atoms with van der Waals surface area (Å²) < 4.78 is 18.4. The van der Waals surface area contributed by atoms with Crippen molar-refractivity contribution in [2.75, 3.05) is 32.1 Å². The average Bonchev–Trinajstić information content (AvgIpc) is 2.84. The van der Waals surface area contributed by atoms with E-state index < -0.39 is 17.7 Å². The van der Waals surface area contributed by atoms with E-state index in [1.807, 2.05) is 0 Å². The maximum Gasteiger partial charge on any atom is 0.337 e. The summed E-state index contributed by atoms with van der Waals surface area (Å²) in [5.41, 5.74) is 0.486. The van der Waals surface area contributed by atoms with E-state index in [2.05, 4.69) is 16.0 Å². The summed E-state index contributed by atoms with van der Waals surface area (Å²) in [5.74, 6) is 0.441. The number of amides is 1. The molecule has 1 aromatic carbocycles. The minimum Gasteiger partial charge on any atom is -0.466 e. The Balaban J connectivity index is 2.33. The van der Waals surface area contributed by atoms with Crippen LogP contribution in [0.1, 0.15) is 5.56 Å². The van der Waals surface area contributed by atoms with Crippen molar-refractivity contribution in [2.45, 2.75) is 0 Å². The molecule has 1 heterocycles. The third-order valence-electron chi connectivity index (χ3n) is 3.35. The molecule has 0 aliphatic carbocycles. The Morgan fingerprint density at radius 2 is 2.30 bits per heavy atom. The molecule has 23 heavy (non-hydrogen) atoms. The van der Waals surface area contributed by atoms with E-state index in [0.29, 0.717) is 0 Å². The summed E-state index contributed by atoms with van der Waals surface area (Å²) in [4.78, 5) is 25.4. The zero-order valence-corrected chi connectivity index (χ0v) is 12.4. The molecule has 2 N–H and O–H groups in total. The van der Waals surface area contributed by atoms with Gasteiger partial charge in [-0.1, -0.05) is 5.92 Å². The van der Waals surface area contributed by atoms with Gasteiger partial charge in [0.05, 0.1) is 31.4 Å². The number of aliphatic hydroxyl groups excluding tert-OH is 1. The van der Waals surface area contributed by atoms with Crippen molar-refractivity contribution in [2.24, 2.45) is 0 Å². The standard InChI is InChI=1S/C16H15FN2O4/c1-3-10-4-5-11(8-13(10)17)18-14-12(16(22)23-2)9-19(6-7-20)15(14)21/h1,4-5,8,18,20H,6-7,9H2,2H3. The van der Waals surface area contributed by atoms with Crippen LogP contribution in [-0.2, 0) is 14.3 Å². The summed E-state index contributed by atoms with van der Waals surface area (Å²) in [6.07, 6.45) is 5.15. The number of halogens is 1. The number of esters is 1. The number of hydrogen-bond donors (Lipinski definition) is 2. The first-order valence-electron chi connectivity index (χ1n) is 6.76. The van der Waals surface area contributed by atoms with E-state index in [1.54, 1.807) is 0 Å². The van der Waals surface area contributed by atoms with Gasteiger partial charge in [-0.15, -0.1) is 6.42 Å². The van der Waals surface area contributed by atoms with E-state index in [-0.39, 0.29) is 42.2 Å². The van der Waals surface area contributed by atoms with Gasteiger partial charge in [-0.3, -0.25) is 4.79 Å². The van der Waals surface area contributed by atoms with Crippen LogP contribution in [0.4, 0.5) is 10.1 Å². The molecule has 0 radical (unpaired) electrons. The first-order chi connectivity index (χ1) is 11.0. The summed E-state index contributed by atoms with van der Waals surface area (Å²) >= 11 is 0. The number of carbonyl (C=O) groups excluding carboxylic acids is 2. The molecule has 0 atom stereocenters. The molecule has 6 nitrogen and oxygen atoms in total. The Hall–Kier alpha value is -2.85. The molecule has 0 bridgehead atoms. The van der Waals surface area contributed by atoms with Gasteiger partial charge in [0.25, 0.3) is 5.91 Å². The van der Waals surface area contributed by atoms with Crippen LogP contribution in [0.5, 0.6) is 0 Å². The fourth-order valence-electron chi connectivity index (χ4n) is 2.20. The molecule has 0 fully saturated rings. The van der Waals surface area contributed by atoms with Gasteiger partial charge in [-0.05, 0) is 18.2 Å². The number of hydrogen-bond acceptors (Lipinski definition) is 5. The monoisotopic (exact) mass is 318 g/mol. The van der Waals surface area contributed by atoms with Crippen molar-refractivity contribution in [3.05, 3.63) is 40.8 Å². The molecule has 0 unspecified atom stereocenters. The molecular formula is C16H15FN2O4. The van der Waals surface area contributed by atoms with Crippen LogP contribution in [0.15, 0.2) is 29.5 Å². The molecule has 0 saturated heterocycles. The van der Waals surface area contributed by atoms with Gasteiger partial charge >= 0.3 is 5.97 Å². The first kappa shape index (κ1) is 16.5. The lowest BCUT2D eigenvalue weighted by molar-refractivity contribution is -0.136. The number of rotatable bonds is 5. The smallest absolute Gasteiger partial charge is 0.337 e. The second-order valence-corrected chi connectivity index (χ2v) is 4.76. The normalized spacial score (nSPS) is 14.0. The molecule has 1 aliphatic heterocycles. The molecular weight excluding hydrogens is 303 g/mol. The van der Waals surface area contributed by atoms with Crippen molar-refractivity contribution in [3.8, 4) is 12.3 Å². The predicted octanol–water partition coefficient (Wildman–Crippen LogP) is 0.480. The Labute approximate surface area is 132 Å². The second-order valence-electron chi connectivity index (χ2n) is 4.76. The number of benzene rings is 1. The highest BCUT2D eigenvalue weighted by Crippen LogP contribution is 2.23. The minimum atomic E-state index is -0.665. The number of aliphatic hydroxyl groups is 1. The number of ether oxygens (including phenoxy) is 1. The van der Waals surface area contributed by atoms with E-state index >= 15 is 0 Å². The van der Waals surface area contributed by atoms with Gasteiger partial charge < -0.3 is 20.1 Å². The van der Waals surface area contributed by atoms with E-state index in [9.17, 15) is 14.0 Å². The average molecular weight is 318 g/mol. The molecule has 0 saturated carbocycles. The van der Waals surface area contributed by atoms with Crippen molar-refractivity contribution in [1.29, 1.82) is 0 Å². The van der Waals surface area contributed by atoms with Gasteiger partial charge in [0.1, 0.15) is 11.5 Å². The minimum absolute atomic E-state index is 0.00171. The zero-order chi connectivity index (χ0) is 17.0. The number of β-amino-alcohol motifs (C(OH)–C–C–N with tert-alkyl or cyclic N) is 1. The highest BCUT2D eigenvalue weighted by molar-refractivity contribution is 6.08. The van der Waals surface area contributed by atoms with Crippen molar-refractivity contribution >= 4 is 17.6 Å². The molecule has 120 valence electrons. The lowest BCUT2D eigenvalue weighted by Gasteiger charge is -2.15. The molecule has 0 aromatic heterocycles. The number of carbonyl (C=O) groups is 2. The zero-order valence-electron chi connectivity index (χ0n) is 12.4. The third-order valence-corrected chi connectivity index (χ3v) is 3.35. The SMILES string of the molecule is C#Cc1ccc(NC2=C(C(=O)OC)CN(CCO)C2=O)cc1F. The summed E-state index contributed by atoms with van der Waals surface area (Å²) in [6.45, 7) is -0.146. The van der Waals surface area contributed by atoms with Gasteiger partial charge in [0.2, 0.25) is 0 Å². The fourth-order valence-corrected chi connectivity index (χ4v) is 2.20. The van der Waals surface area contributed by atoms with Crippen LogP contribution in [0.3, 0.4) is 0 Å². The lowest BCUT2D eigenvalue weighted by atomic mass is 10.2. The van der Waals surface area contributed by atoms with Crippen LogP contribution in [0.2, 0.25) is 0 Å². The number of nitrogens with one attached hydrogen (secondary N) is 1. The first-order valence-corrected chi connectivity index (χ1v) is 6.76. The highest BCUT2D eigenvalue weighted by atomic mass is 19.1. The Kier molecular flexibility index (Phi) is 4.98. The summed E-state index contributed by atoms with van der Waals surface area (Å²) in [7, 11) is 1.20. The van der Waals surface area contributed by atoms with E-state index in [1.165, 1.54) is 24.1 Å². The third kappa shape index (κ3) is 3.33. The molecule has 0 spiro atoms. The maximum atomic E-state index is 13.7. The topological polar surface area (TPSA) is 78.9 Å². The Bertz CT molecular complexity index is 721. The highest BCUT2D eigenvalue weighted by Gasteiger charge is 2.34. The summed E-state index contributed by atoms with van der Waals surface area (Å²) in [6, 6.07) is 4.03. The maximum absolute atomic E-state index is 13.7. The van der Waals surface area contributed by atoms with Crippen molar-refractivity contribution < 1.29 is 23.8 Å². The predicted molar refractivity (Wildman–Crippen MR) is 80.7 cm³/mol. The van der Waals surface area contributed by atoms with E-state index in [4.69, 9.17) is 11.5 Å². The van der Waals surface area contributed by atoms with Gasteiger partial charge in [-0.25, -0.2) is 9.18 Å². The summed E-state index contributed by atoms with van der Waals surface area (Å²) in [5, 5.41) is 11.7. The van der Waals surface area contributed by atoms with Crippen molar-refractivity contribution in [3.63, 3.8) is 0 Å². The van der Waals surface area contributed by atoms with Gasteiger partial charge in [-0.2, -0.15) is 0 Å². The van der Waals surface area contributed by atoms with Crippen LogP contribution in [0.25, 0.3) is 0 Å². The van der Waals surface area contributed by atoms with Crippen LogP contribution < -0.4 is 5.32 Å². The van der Waals surface area contributed by atoms with Crippen LogP contribution in [-0.4, -0.2) is 48.7 Å². The van der Waals surface area contributed by atoms with E-state index in [0.717, 1.165) is 6.07 Å². The van der Waals surface area contributed by atoms with Gasteiger partial charge in [0, 0.05) is 12.2 Å². The molecule has 1 amide bonds. The van der Waals surface area contributed by atoms with Crippen LogP contribution >= 0.6 is 0 Å². The van der Waals surface area contributed by atoms with Crippen LogP contribution in [0, 0.1) is 18.2 Å². The molecule has 7 heteroatoms. The fraction of sp³-hybridized carbons (Fsp3) is 0.250. The Morgan fingerprint density at radius 3 is 2.87 bits per heavy atom. The number of anilines is 1. The number of nitrogens with zero attached hydrogens (tertiary/aromatic N) is 1. The number of terminal acetylenes is 1. The molecule has 1 aliphatic rings.